The number of carboxylic acid groups (broad SMARTS) is 1. The fourth-order valence-electron chi connectivity index (χ4n) is 12.6. The topological polar surface area (TPSA) is 340 Å². The van der Waals surface area contributed by atoms with Crippen molar-refractivity contribution in [3.05, 3.63) is 239 Å². The molecule has 1 aliphatic rings. The summed E-state index contributed by atoms with van der Waals surface area (Å²) in [6.07, 6.45) is -1.78. The number of hydrogen-bond donors (Lipinski definition) is 10. The quantitative estimate of drug-likeness (QED) is 0.0180. The van der Waals surface area contributed by atoms with Crippen molar-refractivity contribution < 1.29 is 67.3 Å². The predicted molar refractivity (Wildman–Crippen MR) is 390 cm³/mol. The average Bonchev–Trinajstić information content (AvgIpc) is 1.51. The number of alkyl carbamates (subject to hydrolysis) is 1. The molecule has 0 fully saturated rings. The zero-order chi connectivity index (χ0) is 74.5. The second kappa shape index (κ2) is 35.6. The van der Waals surface area contributed by atoms with Crippen LogP contribution in [0.5, 0.6) is 0 Å². The molecule has 9 amide bonds. The van der Waals surface area contributed by atoms with E-state index < -0.39 is 132 Å². The van der Waals surface area contributed by atoms with Crippen molar-refractivity contribution in [3.8, 4) is 11.1 Å². The number of para-hydroxylation sites is 1. The first-order chi connectivity index (χ1) is 49.9. The summed E-state index contributed by atoms with van der Waals surface area (Å²) in [7, 11) is 0. The summed E-state index contributed by atoms with van der Waals surface area (Å²) in [6, 6.07) is 51.9. The summed E-state index contributed by atoms with van der Waals surface area (Å²) < 4.78 is 12.6. The Morgan fingerprint density at radius 3 is 1.57 bits per heavy atom. The fraction of sp³-hybridized carbons (Fsp3) is 0.312. The van der Waals surface area contributed by atoms with Crippen LogP contribution in [0.4, 0.5) is 9.59 Å². The molecule has 0 aliphatic heterocycles. The van der Waals surface area contributed by atoms with E-state index in [0.717, 1.165) is 22.3 Å². The Labute approximate surface area is 603 Å². The standard InChI is InChI=1S/C80H88N10O14/c1-50(2)71(76(100)83-47-70(94)95)88-72(96)51(3)84-74(98)65(46-53-48-90(78(102)104-79(4,5)6)66-38-24-23-33-57(53)66)87-73(97)63(39-40-69(93)89-80(54-27-13-8-14-28-54,55-29-15-9-16-30-55)56-31-17-10-18-32-56)86-75(99)64(45-52-25-11-7-12-26-52)85-68(92)42-43-81-67(91)41-44-82-77(101)103-49-62-60-36-21-19-34-58(60)59-35-20-22-37-61(59)62/h7-38,48,50-51,62-65,71H,39-47,49H2,1-6H3,(H,81,91)(H,82,101)(H,83,100)(H,84,98)(H,85,92)(H,86,99)(H,87,97)(H,88,96)(H,89,93)(H,94,95)/t51-,63-,64+,65-,71-/m0/s1. The van der Waals surface area contributed by atoms with Crippen LogP contribution < -0.4 is 47.9 Å². The molecule has 24 heteroatoms. The lowest BCUT2D eigenvalue weighted by atomic mass is 9.77. The van der Waals surface area contributed by atoms with Gasteiger partial charge >= 0.3 is 18.2 Å². The molecule has 104 heavy (non-hydrogen) atoms. The first-order valence-corrected chi connectivity index (χ1v) is 34.6. The van der Waals surface area contributed by atoms with Gasteiger partial charge in [0, 0.05) is 62.7 Å². The highest BCUT2D eigenvalue weighted by atomic mass is 16.6. The largest absolute Gasteiger partial charge is 0.480 e. The molecule has 0 spiro atoms. The first kappa shape index (κ1) is 76.2. The normalized spacial score (nSPS) is 13.2. The van der Waals surface area contributed by atoms with Crippen LogP contribution in [0, 0.1) is 5.92 Å². The Bertz CT molecular complexity index is 4230. The molecule has 5 atom stereocenters. The van der Waals surface area contributed by atoms with Gasteiger partial charge in [0.15, 0.2) is 0 Å². The van der Waals surface area contributed by atoms with E-state index in [9.17, 15) is 38.7 Å². The van der Waals surface area contributed by atoms with Crippen molar-refractivity contribution in [1.29, 1.82) is 0 Å². The van der Waals surface area contributed by atoms with Gasteiger partial charge in [-0.1, -0.05) is 202 Å². The van der Waals surface area contributed by atoms with Crippen LogP contribution in [-0.4, -0.2) is 137 Å². The van der Waals surface area contributed by atoms with Crippen LogP contribution in [0.3, 0.4) is 0 Å². The van der Waals surface area contributed by atoms with Gasteiger partial charge in [-0.3, -0.25) is 47.7 Å². The van der Waals surface area contributed by atoms with E-state index in [-0.39, 0.29) is 51.3 Å². The number of rotatable bonds is 32. The molecule has 542 valence electrons. The third kappa shape index (κ3) is 20.2. The minimum atomic E-state index is -1.67. The van der Waals surface area contributed by atoms with Crippen LogP contribution in [0.1, 0.15) is 112 Å². The Hall–Kier alpha value is -12.0. The van der Waals surface area contributed by atoms with Gasteiger partial charge in [0.25, 0.3) is 0 Å². The molecule has 1 aromatic heterocycles. The molecular weight excluding hydrogens is 1320 g/mol. The van der Waals surface area contributed by atoms with Gasteiger partial charge in [0.1, 0.15) is 54.5 Å². The number of nitrogens with one attached hydrogen (secondary N) is 9. The molecule has 0 saturated carbocycles. The highest BCUT2D eigenvalue weighted by Gasteiger charge is 2.40. The number of carbonyl (C=O) groups is 11. The number of amides is 9. The smallest absolute Gasteiger partial charge is 0.419 e. The number of aromatic nitrogens is 1. The van der Waals surface area contributed by atoms with Crippen LogP contribution in [0.2, 0.25) is 0 Å². The Kier molecular flexibility index (Phi) is 26.1. The van der Waals surface area contributed by atoms with E-state index in [0.29, 0.717) is 38.7 Å². The molecule has 0 bridgehead atoms. The SMILES string of the molecule is CC(C)[C@H](NC(=O)[C@H](C)NC(=O)[C@H](Cc1cn(C(=O)OC(C)(C)C)c2ccccc12)NC(=O)[C@H](CCC(=O)NC(c1ccccc1)(c1ccccc1)c1ccccc1)NC(=O)[C@@H](Cc1ccccc1)NC(=O)CCNC(=O)CCNC(=O)OCC1c2ccccc2-c2ccccc21)C(=O)NCC(=O)O. The molecule has 9 rings (SSSR count). The van der Waals surface area contributed by atoms with Crippen molar-refractivity contribution in [2.45, 2.75) is 127 Å². The number of nitrogens with zero attached hydrogens (tertiary/aromatic N) is 1. The highest BCUT2D eigenvalue weighted by Crippen LogP contribution is 2.45. The van der Waals surface area contributed by atoms with E-state index >= 15 is 19.2 Å². The summed E-state index contributed by atoms with van der Waals surface area (Å²) in [6.45, 7) is 8.78. The van der Waals surface area contributed by atoms with Gasteiger partial charge in [-0.15, -0.1) is 0 Å². The minimum absolute atomic E-state index is 0.0719. The van der Waals surface area contributed by atoms with E-state index in [1.807, 2.05) is 140 Å². The van der Waals surface area contributed by atoms with Gasteiger partial charge in [-0.2, -0.15) is 0 Å². The molecular formula is C80H88N10O14. The Morgan fingerprint density at radius 1 is 0.490 bits per heavy atom. The molecule has 1 aliphatic carbocycles. The maximum absolute atomic E-state index is 15.6. The van der Waals surface area contributed by atoms with Gasteiger partial charge in [-0.25, -0.2) is 9.59 Å². The molecule has 10 N–H and O–H groups in total. The van der Waals surface area contributed by atoms with E-state index in [4.69, 9.17) is 9.47 Å². The molecule has 7 aromatic carbocycles. The number of fused-ring (bicyclic) bond motifs is 4. The minimum Gasteiger partial charge on any atom is -0.480 e. The average molecular weight is 1410 g/mol. The summed E-state index contributed by atoms with van der Waals surface area (Å²) in [5.74, 6) is -8.21. The van der Waals surface area contributed by atoms with Crippen molar-refractivity contribution in [1.82, 2.24) is 52.4 Å². The number of ether oxygens (including phenoxy) is 2. The van der Waals surface area contributed by atoms with Gasteiger partial charge in [-0.05, 0) is 96.2 Å². The van der Waals surface area contributed by atoms with Gasteiger partial charge in [0.05, 0.1) is 5.52 Å². The van der Waals surface area contributed by atoms with Gasteiger partial charge < -0.3 is 62.4 Å². The van der Waals surface area contributed by atoms with Crippen molar-refractivity contribution in [3.63, 3.8) is 0 Å². The van der Waals surface area contributed by atoms with E-state index in [1.54, 1.807) is 89.2 Å². The van der Waals surface area contributed by atoms with Crippen LogP contribution in [0.25, 0.3) is 22.0 Å². The fourth-order valence-corrected chi connectivity index (χ4v) is 12.6. The zero-order valence-corrected chi connectivity index (χ0v) is 58.9. The lowest BCUT2D eigenvalue weighted by molar-refractivity contribution is -0.139. The third-order valence-electron chi connectivity index (χ3n) is 17.7. The number of benzene rings is 7. The predicted octanol–water partition coefficient (Wildman–Crippen LogP) is 7.83. The van der Waals surface area contributed by atoms with Crippen molar-refractivity contribution in [2.24, 2.45) is 5.92 Å². The lowest BCUT2D eigenvalue weighted by Crippen LogP contribution is -2.59. The molecule has 1 heterocycles. The third-order valence-corrected chi connectivity index (χ3v) is 17.7. The molecule has 8 aromatic rings. The summed E-state index contributed by atoms with van der Waals surface area (Å²) in [4.78, 5) is 153. The number of carboxylic acids is 1. The molecule has 0 unspecified atom stereocenters. The van der Waals surface area contributed by atoms with Crippen LogP contribution in [-0.2, 0) is 71.0 Å². The molecule has 0 radical (unpaired) electrons. The van der Waals surface area contributed by atoms with E-state index in [1.165, 1.54) is 17.7 Å². The highest BCUT2D eigenvalue weighted by molar-refractivity contribution is 5.98. The Balaban J connectivity index is 0.966. The monoisotopic (exact) mass is 1410 g/mol. The second-order valence-corrected chi connectivity index (χ2v) is 26.8. The first-order valence-electron chi connectivity index (χ1n) is 34.6. The van der Waals surface area contributed by atoms with Crippen LogP contribution in [0.15, 0.2) is 200 Å². The Morgan fingerprint density at radius 2 is 0.990 bits per heavy atom. The molecule has 24 nitrogen and oxygen atoms in total. The maximum Gasteiger partial charge on any atom is 0.419 e. The molecule has 0 saturated heterocycles. The number of aliphatic carboxylic acids is 1. The van der Waals surface area contributed by atoms with E-state index in [2.05, 4.69) is 47.9 Å². The second-order valence-electron chi connectivity index (χ2n) is 26.8. The lowest BCUT2D eigenvalue weighted by Gasteiger charge is -2.37. The van der Waals surface area contributed by atoms with Crippen LogP contribution >= 0.6 is 0 Å². The number of carbonyl (C=O) groups excluding carboxylic acids is 10. The maximum atomic E-state index is 15.6. The zero-order valence-electron chi connectivity index (χ0n) is 58.9. The summed E-state index contributed by atoms with van der Waals surface area (Å²) >= 11 is 0. The number of hydrogen-bond acceptors (Lipinski definition) is 13. The summed E-state index contributed by atoms with van der Waals surface area (Å²) in [5.41, 5.74) is 5.43. The van der Waals surface area contributed by atoms with Crippen molar-refractivity contribution >= 4 is 76.3 Å². The summed E-state index contributed by atoms with van der Waals surface area (Å²) in [5, 5.41) is 34.1. The van der Waals surface area contributed by atoms with Gasteiger partial charge in [0.2, 0.25) is 47.3 Å². The van der Waals surface area contributed by atoms with Crippen molar-refractivity contribution in [2.75, 3.05) is 26.2 Å².